The Labute approximate surface area is 144 Å². The predicted molar refractivity (Wildman–Crippen MR) is 92.3 cm³/mol. The average Bonchev–Trinajstić information content (AvgIpc) is 2.62. The molecular formula is C18H18N2O5. The summed E-state index contributed by atoms with van der Waals surface area (Å²) in [5.74, 6) is -0.349. The van der Waals surface area contributed by atoms with E-state index in [-0.39, 0.29) is 12.5 Å². The lowest BCUT2D eigenvalue weighted by Crippen LogP contribution is -2.20. The van der Waals surface area contributed by atoms with Gasteiger partial charge in [-0.05, 0) is 43.3 Å². The molecule has 0 aliphatic carbocycles. The summed E-state index contributed by atoms with van der Waals surface area (Å²) in [4.78, 5) is 23.5. The number of ether oxygens (including phenoxy) is 2. The third-order valence-corrected chi connectivity index (χ3v) is 3.15. The van der Waals surface area contributed by atoms with Crippen LogP contribution in [-0.2, 0) is 9.53 Å². The van der Waals surface area contributed by atoms with Gasteiger partial charge in [0.25, 0.3) is 5.91 Å². The Morgan fingerprint density at radius 2 is 1.88 bits per heavy atom. The summed E-state index contributed by atoms with van der Waals surface area (Å²) in [6.45, 7) is 1.82. The highest BCUT2D eigenvalue weighted by Gasteiger charge is 2.08. The highest BCUT2D eigenvalue weighted by Crippen LogP contribution is 2.16. The first-order valence-corrected chi connectivity index (χ1v) is 7.60. The molecule has 2 aromatic carbocycles. The highest BCUT2D eigenvalue weighted by atomic mass is 16.5. The predicted octanol–water partition coefficient (Wildman–Crippen LogP) is 2.69. The standard InChI is InChI=1S/C18H18N2O5/c1-2-24-18(22)13-7-9-15(10-8-13)20-17(21)12-25-16-6-4-3-5-14(16)11-19-23/h3-11,23H,2,12H2,1H3,(H,20,21). The number of amides is 1. The van der Waals surface area contributed by atoms with Crippen molar-refractivity contribution in [3.05, 3.63) is 59.7 Å². The van der Waals surface area contributed by atoms with Crippen molar-refractivity contribution in [2.45, 2.75) is 6.92 Å². The van der Waals surface area contributed by atoms with Gasteiger partial charge in [0, 0.05) is 11.3 Å². The lowest BCUT2D eigenvalue weighted by molar-refractivity contribution is -0.118. The third-order valence-electron chi connectivity index (χ3n) is 3.15. The molecule has 0 spiro atoms. The minimum Gasteiger partial charge on any atom is -0.483 e. The Morgan fingerprint density at radius 3 is 2.56 bits per heavy atom. The van der Waals surface area contributed by atoms with Crippen LogP contribution in [0.15, 0.2) is 53.7 Å². The summed E-state index contributed by atoms with van der Waals surface area (Å²) < 4.78 is 10.3. The molecule has 7 heteroatoms. The zero-order valence-corrected chi connectivity index (χ0v) is 13.6. The van der Waals surface area contributed by atoms with Crippen LogP contribution in [0.4, 0.5) is 5.69 Å². The molecule has 0 saturated carbocycles. The quantitative estimate of drug-likeness (QED) is 0.349. The summed E-state index contributed by atoms with van der Waals surface area (Å²) in [6, 6.07) is 13.2. The van der Waals surface area contributed by atoms with Gasteiger partial charge in [-0.3, -0.25) is 4.79 Å². The number of benzene rings is 2. The zero-order valence-electron chi connectivity index (χ0n) is 13.6. The Hall–Kier alpha value is -3.35. The first-order valence-electron chi connectivity index (χ1n) is 7.60. The van der Waals surface area contributed by atoms with E-state index in [4.69, 9.17) is 14.7 Å². The van der Waals surface area contributed by atoms with E-state index in [0.717, 1.165) is 0 Å². The molecule has 0 aliphatic rings. The molecule has 0 fully saturated rings. The first-order chi connectivity index (χ1) is 12.1. The van der Waals surface area contributed by atoms with Gasteiger partial charge in [0.15, 0.2) is 6.61 Å². The van der Waals surface area contributed by atoms with Gasteiger partial charge in [-0.1, -0.05) is 17.3 Å². The number of carbonyl (C=O) groups excluding carboxylic acids is 2. The molecular weight excluding hydrogens is 324 g/mol. The van der Waals surface area contributed by atoms with E-state index in [9.17, 15) is 9.59 Å². The van der Waals surface area contributed by atoms with Crippen LogP contribution in [-0.4, -0.2) is 36.5 Å². The topological polar surface area (TPSA) is 97.2 Å². The summed E-state index contributed by atoms with van der Waals surface area (Å²) in [7, 11) is 0. The minimum atomic E-state index is -0.411. The Bertz CT molecular complexity index is 756. The summed E-state index contributed by atoms with van der Waals surface area (Å²) in [5.41, 5.74) is 1.50. The number of para-hydroxylation sites is 1. The maximum Gasteiger partial charge on any atom is 0.338 e. The minimum absolute atomic E-state index is 0.212. The van der Waals surface area contributed by atoms with Gasteiger partial charge in [0.05, 0.1) is 18.4 Å². The van der Waals surface area contributed by atoms with Crippen molar-refractivity contribution in [1.82, 2.24) is 0 Å². The molecule has 0 heterocycles. The van der Waals surface area contributed by atoms with E-state index in [1.165, 1.54) is 6.21 Å². The van der Waals surface area contributed by atoms with Gasteiger partial charge in [-0.25, -0.2) is 4.79 Å². The molecule has 0 aromatic heterocycles. The van der Waals surface area contributed by atoms with Gasteiger partial charge in [0.2, 0.25) is 0 Å². The van der Waals surface area contributed by atoms with E-state index in [2.05, 4.69) is 10.5 Å². The van der Waals surface area contributed by atoms with Crippen LogP contribution in [0.2, 0.25) is 0 Å². The molecule has 2 aromatic rings. The maximum atomic E-state index is 12.0. The molecule has 7 nitrogen and oxygen atoms in total. The van der Waals surface area contributed by atoms with E-state index < -0.39 is 5.97 Å². The Kier molecular flexibility index (Phi) is 6.53. The molecule has 0 radical (unpaired) electrons. The van der Waals surface area contributed by atoms with Crippen LogP contribution in [0.1, 0.15) is 22.8 Å². The van der Waals surface area contributed by atoms with Crippen molar-refractivity contribution in [1.29, 1.82) is 0 Å². The lowest BCUT2D eigenvalue weighted by atomic mass is 10.2. The Balaban J connectivity index is 1.91. The number of anilines is 1. The van der Waals surface area contributed by atoms with Gasteiger partial charge in [0.1, 0.15) is 5.75 Å². The van der Waals surface area contributed by atoms with Crippen LogP contribution in [0.5, 0.6) is 5.75 Å². The number of nitrogens with one attached hydrogen (secondary N) is 1. The van der Waals surface area contributed by atoms with Crippen LogP contribution in [0.25, 0.3) is 0 Å². The molecule has 25 heavy (non-hydrogen) atoms. The highest BCUT2D eigenvalue weighted by molar-refractivity contribution is 5.94. The Morgan fingerprint density at radius 1 is 1.16 bits per heavy atom. The smallest absolute Gasteiger partial charge is 0.338 e. The SMILES string of the molecule is CCOC(=O)c1ccc(NC(=O)COc2ccccc2C=NO)cc1. The second-order valence-electron chi connectivity index (χ2n) is 4.92. The molecule has 1 amide bonds. The normalized spacial score (nSPS) is 10.4. The number of hydrogen-bond acceptors (Lipinski definition) is 6. The van der Waals surface area contributed by atoms with Crippen LogP contribution in [0, 0.1) is 0 Å². The van der Waals surface area contributed by atoms with Crippen molar-refractivity contribution < 1.29 is 24.3 Å². The van der Waals surface area contributed by atoms with Gasteiger partial charge >= 0.3 is 5.97 Å². The fraction of sp³-hybridized carbons (Fsp3) is 0.167. The molecule has 2 rings (SSSR count). The van der Waals surface area contributed by atoms with Crippen molar-refractivity contribution in [2.24, 2.45) is 5.16 Å². The molecule has 0 unspecified atom stereocenters. The number of hydrogen-bond donors (Lipinski definition) is 2. The number of nitrogens with zero attached hydrogens (tertiary/aromatic N) is 1. The fourth-order valence-electron chi connectivity index (χ4n) is 2.03. The average molecular weight is 342 g/mol. The molecule has 0 aliphatic heterocycles. The van der Waals surface area contributed by atoms with Gasteiger partial charge in [-0.2, -0.15) is 0 Å². The number of rotatable bonds is 7. The number of esters is 1. The second-order valence-corrected chi connectivity index (χ2v) is 4.92. The molecule has 2 N–H and O–H groups in total. The van der Waals surface area contributed by atoms with Crippen molar-refractivity contribution in [2.75, 3.05) is 18.5 Å². The fourth-order valence-corrected chi connectivity index (χ4v) is 2.03. The van der Waals surface area contributed by atoms with Crippen LogP contribution in [0.3, 0.4) is 0 Å². The monoisotopic (exact) mass is 342 g/mol. The van der Waals surface area contributed by atoms with Crippen molar-refractivity contribution in [3.63, 3.8) is 0 Å². The van der Waals surface area contributed by atoms with E-state index in [0.29, 0.717) is 29.2 Å². The zero-order chi connectivity index (χ0) is 18.1. The van der Waals surface area contributed by atoms with E-state index in [1.807, 2.05) is 0 Å². The van der Waals surface area contributed by atoms with Crippen molar-refractivity contribution >= 4 is 23.8 Å². The largest absolute Gasteiger partial charge is 0.483 e. The van der Waals surface area contributed by atoms with E-state index >= 15 is 0 Å². The first kappa shape index (κ1) is 18.0. The maximum absolute atomic E-state index is 12.0. The number of oxime groups is 1. The lowest BCUT2D eigenvalue weighted by Gasteiger charge is -2.09. The van der Waals surface area contributed by atoms with Crippen LogP contribution >= 0.6 is 0 Å². The van der Waals surface area contributed by atoms with Gasteiger partial charge < -0.3 is 20.0 Å². The van der Waals surface area contributed by atoms with Crippen molar-refractivity contribution in [3.8, 4) is 5.75 Å². The second kappa shape index (κ2) is 9.07. The molecule has 130 valence electrons. The number of carbonyl (C=O) groups is 2. The third kappa shape index (κ3) is 5.35. The summed E-state index contributed by atoms with van der Waals surface area (Å²) >= 11 is 0. The van der Waals surface area contributed by atoms with E-state index in [1.54, 1.807) is 55.5 Å². The van der Waals surface area contributed by atoms with Gasteiger partial charge in [-0.15, -0.1) is 0 Å². The molecule has 0 bridgehead atoms. The van der Waals surface area contributed by atoms with Crippen LogP contribution < -0.4 is 10.1 Å². The summed E-state index contributed by atoms with van der Waals surface area (Å²) in [6.07, 6.45) is 1.22. The molecule has 0 atom stereocenters. The summed E-state index contributed by atoms with van der Waals surface area (Å²) in [5, 5.41) is 14.2. The molecule has 0 saturated heterocycles.